The highest BCUT2D eigenvalue weighted by molar-refractivity contribution is 7.26. The lowest BCUT2D eigenvalue weighted by atomic mass is 9.76. The molecule has 6 aromatic carbocycles. The highest BCUT2D eigenvalue weighted by atomic mass is 32.1. The minimum atomic E-state index is 0.371. The van der Waals surface area contributed by atoms with Crippen LogP contribution < -0.4 is 0 Å². The van der Waals surface area contributed by atoms with Crippen LogP contribution in [-0.2, 0) is 6.42 Å². The molecular formula is C38H24S2. The van der Waals surface area contributed by atoms with Gasteiger partial charge in [0.1, 0.15) is 0 Å². The summed E-state index contributed by atoms with van der Waals surface area (Å²) in [4.78, 5) is 0. The van der Waals surface area contributed by atoms with Gasteiger partial charge in [-0.15, -0.1) is 22.7 Å². The molecule has 0 fully saturated rings. The maximum absolute atomic E-state index is 2.47. The molecule has 0 spiro atoms. The van der Waals surface area contributed by atoms with Crippen molar-refractivity contribution >= 4 is 63.0 Å². The van der Waals surface area contributed by atoms with E-state index in [0.29, 0.717) is 5.92 Å². The van der Waals surface area contributed by atoms with Gasteiger partial charge in [-0.05, 0) is 63.6 Å². The van der Waals surface area contributed by atoms with Gasteiger partial charge < -0.3 is 0 Å². The average Bonchev–Trinajstić information content (AvgIpc) is 3.58. The van der Waals surface area contributed by atoms with E-state index in [9.17, 15) is 0 Å². The van der Waals surface area contributed by atoms with E-state index in [-0.39, 0.29) is 0 Å². The molecule has 1 atom stereocenters. The molecule has 0 saturated heterocycles. The van der Waals surface area contributed by atoms with E-state index >= 15 is 0 Å². The standard InChI is InChI=1S/C38H24S2/c1-2-9-26-23(8-1)20-34(29-11-4-3-10-28(26)29)25-17-19-32-33-14-7-13-27(38(33)40-37(32)22-25)24-16-18-31-30-12-5-6-15-35(30)39-36(31)21-24/h1-19,21-22,34H,20H2/t34-/m1/s1. The molecule has 2 heteroatoms. The van der Waals surface area contributed by atoms with Gasteiger partial charge in [0, 0.05) is 46.3 Å². The van der Waals surface area contributed by atoms with Crippen LogP contribution in [0.4, 0.5) is 0 Å². The van der Waals surface area contributed by atoms with Crippen molar-refractivity contribution in [1.29, 1.82) is 0 Å². The van der Waals surface area contributed by atoms with Crippen molar-refractivity contribution in [2.75, 3.05) is 0 Å². The maximum atomic E-state index is 2.47. The Labute approximate surface area is 240 Å². The van der Waals surface area contributed by atoms with Crippen LogP contribution in [-0.4, -0.2) is 0 Å². The maximum Gasteiger partial charge on any atom is 0.0433 e. The molecule has 0 bridgehead atoms. The summed E-state index contributed by atoms with van der Waals surface area (Å²) in [6.45, 7) is 0. The van der Waals surface area contributed by atoms with E-state index in [4.69, 9.17) is 0 Å². The molecule has 188 valence electrons. The SMILES string of the molecule is c1ccc2c(c1)C[C@H](c1ccc3c(c1)sc1c(-c4ccc5c(c4)sc4ccccc45)cccc13)c1ccccc1-2. The average molecular weight is 545 g/mol. The van der Waals surface area contributed by atoms with Gasteiger partial charge >= 0.3 is 0 Å². The molecule has 1 aliphatic rings. The van der Waals surface area contributed by atoms with E-state index in [2.05, 4.69) is 127 Å². The Morgan fingerprint density at radius 3 is 2.15 bits per heavy atom. The Hall–Kier alpha value is -4.24. The predicted octanol–water partition coefficient (Wildman–Crippen LogP) is 11.4. The molecule has 40 heavy (non-hydrogen) atoms. The number of benzene rings is 6. The number of thiophene rings is 2. The van der Waals surface area contributed by atoms with E-state index in [1.807, 2.05) is 22.7 Å². The molecular weight excluding hydrogens is 521 g/mol. The lowest BCUT2D eigenvalue weighted by Gasteiger charge is -2.28. The summed E-state index contributed by atoms with van der Waals surface area (Å²) in [5, 5.41) is 5.42. The summed E-state index contributed by atoms with van der Waals surface area (Å²) in [6.07, 6.45) is 1.05. The third-order valence-corrected chi connectivity index (χ3v) is 11.0. The quantitative estimate of drug-likeness (QED) is 0.203. The van der Waals surface area contributed by atoms with Crippen molar-refractivity contribution in [2.45, 2.75) is 12.3 Å². The molecule has 0 saturated carbocycles. The fraction of sp³-hybridized carbons (Fsp3) is 0.0526. The van der Waals surface area contributed by atoms with Gasteiger partial charge in [-0.1, -0.05) is 109 Å². The zero-order valence-electron chi connectivity index (χ0n) is 21.7. The molecule has 0 aliphatic heterocycles. The van der Waals surface area contributed by atoms with E-state index in [1.165, 1.54) is 79.3 Å². The zero-order valence-corrected chi connectivity index (χ0v) is 23.4. The Morgan fingerprint density at radius 2 is 1.18 bits per heavy atom. The molecule has 0 radical (unpaired) electrons. The normalized spacial score (nSPS) is 14.7. The molecule has 0 amide bonds. The number of fused-ring (bicyclic) bond motifs is 9. The van der Waals surface area contributed by atoms with Crippen LogP contribution >= 0.6 is 22.7 Å². The molecule has 1 aliphatic carbocycles. The smallest absolute Gasteiger partial charge is 0.0433 e. The van der Waals surface area contributed by atoms with Gasteiger partial charge in [0.15, 0.2) is 0 Å². The van der Waals surface area contributed by atoms with Crippen molar-refractivity contribution in [3.05, 3.63) is 144 Å². The minimum Gasteiger partial charge on any atom is -0.135 e. The Bertz CT molecular complexity index is 2260. The lowest BCUT2D eigenvalue weighted by Crippen LogP contribution is -2.12. The first-order valence-electron chi connectivity index (χ1n) is 13.9. The van der Waals surface area contributed by atoms with Crippen molar-refractivity contribution in [3.8, 4) is 22.3 Å². The van der Waals surface area contributed by atoms with Gasteiger partial charge in [-0.25, -0.2) is 0 Å². The predicted molar refractivity (Wildman–Crippen MR) is 175 cm³/mol. The summed E-state index contributed by atoms with van der Waals surface area (Å²) >= 11 is 3.83. The first-order valence-corrected chi connectivity index (χ1v) is 15.5. The summed E-state index contributed by atoms with van der Waals surface area (Å²) < 4.78 is 5.47. The molecule has 0 nitrogen and oxygen atoms in total. The third kappa shape index (κ3) is 3.30. The summed E-state index contributed by atoms with van der Waals surface area (Å²) in [5.41, 5.74) is 9.70. The van der Waals surface area contributed by atoms with Crippen molar-refractivity contribution in [1.82, 2.24) is 0 Å². The Morgan fingerprint density at radius 1 is 0.475 bits per heavy atom. The second-order valence-corrected chi connectivity index (χ2v) is 13.0. The van der Waals surface area contributed by atoms with E-state index < -0.39 is 0 Å². The molecule has 0 unspecified atom stereocenters. The number of hydrogen-bond acceptors (Lipinski definition) is 2. The molecule has 9 rings (SSSR count). The van der Waals surface area contributed by atoms with E-state index in [1.54, 1.807) is 0 Å². The summed E-state index contributed by atoms with van der Waals surface area (Å²) in [7, 11) is 0. The van der Waals surface area contributed by atoms with Gasteiger partial charge in [0.05, 0.1) is 0 Å². The zero-order chi connectivity index (χ0) is 26.2. The van der Waals surface area contributed by atoms with Gasteiger partial charge in [0.25, 0.3) is 0 Å². The van der Waals surface area contributed by atoms with Gasteiger partial charge in [-0.3, -0.25) is 0 Å². The lowest BCUT2D eigenvalue weighted by molar-refractivity contribution is 0.795. The summed E-state index contributed by atoms with van der Waals surface area (Å²) in [5.74, 6) is 0.371. The van der Waals surface area contributed by atoms with Crippen molar-refractivity contribution in [2.24, 2.45) is 0 Å². The second kappa shape index (κ2) is 8.63. The van der Waals surface area contributed by atoms with E-state index in [0.717, 1.165) is 6.42 Å². The molecule has 2 heterocycles. The van der Waals surface area contributed by atoms with Gasteiger partial charge in [-0.2, -0.15) is 0 Å². The molecule has 8 aromatic rings. The molecule has 0 N–H and O–H groups in total. The highest BCUT2D eigenvalue weighted by Crippen LogP contribution is 2.46. The monoisotopic (exact) mass is 544 g/mol. The Balaban J connectivity index is 1.19. The Kier molecular flexibility index (Phi) is 4.87. The van der Waals surface area contributed by atoms with Crippen molar-refractivity contribution < 1.29 is 0 Å². The van der Waals surface area contributed by atoms with Crippen LogP contribution in [0.3, 0.4) is 0 Å². The minimum absolute atomic E-state index is 0.371. The van der Waals surface area contributed by atoms with Crippen molar-refractivity contribution in [3.63, 3.8) is 0 Å². The first kappa shape index (κ1) is 22.6. The first-order chi connectivity index (χ1) is 19.8. The third-order valence-electron chi connectivity index (χ3n) is 8.68. The number of rotatable bonds is 2. The van der Waals surface area contributed by atoms with Gasteiger partial charge in [0.2, 0.25) is 0 Å². The summed E-state index contributed by atoms with van der Waals surface area (Å²) in [6, 6.07) is 47.7. The van der Waals surface area contributed by atoms with Crippen LogP contribution in [0.5, 0.6) is 0 Å². The largest absolute Gasteiger partial charge is 0.135 e. The topological polar surface area (TPSA) is 0 Å². The molecule has 2 aromatic heterocycles. The van der Waals surface area contributed by atoms with Crippen LogP contribution in [0.25, 0.3) is 62.6 Å². The number of hydrogen-bond donors (Lipinski definition) is 0. The highest BCUT2D eigenvalue weighted by Gasteiger charge is 2.26. The second-order valence-electron chi connectivity index (χ2n) is 10.9. The van der Waals surface area contributed by atoms with Crippen LogP contribution in [0.2, 0.25) is 0 Å². The fourth-order valence-corrected chi connectivity index (χ4v) is 9.22. The van der Waals surface area contributed by atoms with Crippen LogP contribution in [0, 0.1) is 0 Å². The van der Waals surface area contributed by atoms with Crippen LogP contribution in [0.15, 0.2) is 127 Å². The fourth-order valence-electron chi connectivity index (χ4n) is 6.79. The van der Waals surface area contributed by atoms with Crippen LogP contribution in [0.1, 0.15) is 22.6 Å².